The zero-order chi connectivity index (χ0) is 20.2. The van der Waals surface area contributed by atoms with Gasteiger partial charge >= 0.3 is 0 Å². The second-order valence-corrected chi connectivity index (χ2v) is 7.79. The molecule has 1 amide bonds. The monoisotopic (exact) mass is 391 g/mol. The van der Waals surface area contributed by atoms with E-state index in [1.807, 2.05) is 30.3 Å². The summed E-state index contributed by atoms with van der Waals surface area (Å²) in [7, 11) is 0. The zero-order valence-corrected chi connectivity index (χ0v) is 16.3. The third kappa shape index (κ3) is 4.31. The third-order valence-corrected chi connectivity index (χ3v) is 5.63. The van der Waals surface area contributed by atoms with E-state index < -0.39 is 11.5 Å². The number of nitrogens with one attached hydrogen (secondary N) is 2. The Bertz CT molecular complexity index is 1070. The Morgan fingerprint density at radius 3 is 2.66 bits per heavy atom. The van der Waals surface area contributed by atoms with E-state index in [-0.39, 0.29) is 16.8 Å². The van der Waals surface area contributed by atoms with Crippen molar-refractivity contribution in [2.45, 2.75) is 38.5 Å². The maximum absolute atomic E-state index is 12.6. The van der Waals surface area contributed by atoms with E-state index in [0.29, 0.717) is 24.4 Å². The van der Waals surface area contributed by atoms with Gasteiger partial charge in [0.1, 0.15) is 11.1 Å². The van der Waals surface area contributed by atoms with E-state index in [9.17, 15) is 14.7 Å². The number of fused-ring (bicyclic) bond motifs is 1. The van der Waals surface area contributed by atoms with Crippen LogP contribution in [-0.2, 0) is 6.42 Å². The van der Waals surface area contributed by atoms with E-state index in [1.165, 1.54) is 19.3 Å². The molecule has 4 rings (SSSR count). The summed E-state index contributed by atoms with van der Waals surface area (Å²) in [6.07, 6.45) is 8.11. The Balaban J connectivity index is 1.56. The molecule has 1 aromatic carbocycles. The highest BCUT2D eigenvalue weighted by atomic mass is 16.3. The SMILES string of the molecule is O=C(NCC1CCCCC1)c1c(O)c2ncc(Cc3ccccc3)cc2[nH]c1=O. The Kier molecular flexibility index (Phi) is 5.60. The highest BCUT2D eigenvalue weighted by molar-refractivity contribution is 6.01. The Hall–Kier alpha value is -3.15. The largest absolute Gasteiger partial charge is 0.505 e. The van der Waals surface area contributed by atoms with Gasteiger partial charge in [-0.15, -0.1) is 0 Å². The fraction of sp³-hybridized carbons (Fsp3) is 0.348. The fourth-order valence-corrected chi connectivity index (χ4v) is 4.06. The van der Waals surface area contributed by atoms with Gasteiger partial charge in [-0.05, 0) is 42.4 Å². The van der Waals surface area contributed by atoms with Gasteiger partial charge < -0.3 is 15.4 Å². The van der Waals surface area contributed by atoms with Gasteiger partial charge in [0.25, 0.3) is 11.5 Å². The minimum absolute atomic E-state index is 0.226. The third-order valence-electron chi connectivity index (χ3n) is 5.63. The molecule has 0 saturated heterocycles. The van der Waals surface area contributed by atoms with Crippen molar-refractivity contribution < 1.29 is 9.90 Å². The number of carbonyl (C=O) groups excluding carboxylic acids is 1. The van der Waals surface area contributed by atoms with E-state index >= 15 is 0 Å². The van der Waals surface area contributed by atoms with Crippen molar-refractivity contribution in [3.63, 3.8) is 0 Å². The van der Waals surface area contributed by atoms with E-state index in [0.717, 1.165) is 24.0 Å². The molecule has 0 atom stereocenters. The second kappa shape index (κ2) is 8.47. The summed E-state index contributed by atoms with van der Waals surface area (Å²) in [6, 6.07) is 11.7. The lowest BCUT2D eigenvalue weighted by molar-refractivity contribution is 0.0939. The van der Waals surface area contributed by atoms with Crippen LogP contribution < -0.4 is 10.9 Å². The molecule has 1 aliphatic rings. The molecule has 2 heterocycles. The van der Waals surface area contributed by atoms with Crippen molar-refractivity contribution in [3.05, 3.63) is 69.6 Å². The summed E-state index contributed by atoms with van der Waals surface area (Å²) in [5.74, 6) is -0.476. The van der Waals surface area contributed by atoms with E-state index in [1.54, 1.807) is 12.3 Å². The van der Waals surface area contributed by atoms with Crippen molar-refractivity contribution in [1.82, 2.24) is 15.3 Å². The molecular weight excluding hydrogens is 366 g/mol. The van der Waals surface area contributed by atoms with Crippen LogP contribution in [0.5, 0.6) is 5.75 Å². The summed E-state index contributed by atoms with van der Waals surface area (Å²) in [4.78, 5) is 32.1. The van der Waals surface area contributed by atoms with Crippen LogP contribution >= 0.6 is 0 Å². The van der Waals surface area contributed by atoms with Crippen molar-refractivity contribution in [2.24, 2.45) is 5.92 Å². The van der Waals surface area contributed by atoms with Crippen LogP contribution in [0.2, 0.25) is 0 Å². The van der Waals surface area contributed by atoms with Crippen LogP contribution in [0.1, 0.15) is 53.6 Å². The average Bonchev–Trinajstić information content (AvgIpc) is 2.73. The number of hydrogen-bond acceptors (Lipinski definition) is 4. The van der Waals surface area contributed by atoms with Gasteiger partial charge in [0.15, 0.2) is 5.75 Å². The van der Waals surface area contributed by atoms with Crippen molar-refractivity contribution in [3.8, 4) is 5.75 Å². The molecule has 1 aliphatic carbocycles. The lowest BCUT2D eigenvalue weighted by atomic mass is 9.89. The van der Waals surface area contributed by atoms with Gasteiger partial charge in [-0.2, -0.15) is 0 Å². The molecule has 150 valence electrons. The van der Waals surface area contributed by atoms with Crippen LogP contribution in [0.3, 0.4) is 0 Å². The summed E-state index contributed by atoms with van der Waals surface area (Å²) >= 11 is 0. The smallest absolute Gasteiger partial charge is 0.265 e. The number of hydrogen-bond donors (Lipinski definition) is 3. The number of aromatic hydroxyl groups is 1. The van der Waals surface area contributed by atoms with Gasteiger partial charge in [-0.1, -0.05) is 49.6 Å². The molecule has 1 fully saturated rings. The number of H-pyrrole nitrogens is 1. The van der Waals surface area contributed by atoms with Crippen LogP contribution in [0, 0.1) is 5.92 Å². The van der Waals surface area contributed by atoms with E-state index in [2.05, 4.69) is 15.3 Å². The average molecular weight is 391 g/mol. The number of pyridine rings is 2. The number of rotatable bonds is 5. The van der Waals surface area contributed by atoms with Gasteiger partial charge in [0.05, 0.1) is 5.52 Å². The first-order chi connectivity index (χ1) is 14.1. The van der Waals surface area contributed by atoms with Gasteiger partial charge in [-0.3, -0.25) is 14.6 Å². The first kappa shape index (κ1) is 19.2. The molecule has 0 radical (unpaired) electrons. The van der Waals surface area contributed by atoms with Crippen LogP contribution in [-0.4, -0.2) is 27.5 Å². The first-order valence-corrected chi connectivity index (χ1v) is 10.2. The molecule has 3 N–H and O–H groups in total. The number of nitrogens with zero attached hydrogens (tertiary/aromatic N) is 1. The van der Waals surface area contributed by atoms with Crippen LogP contribution in [0.4, 0.5) is 0 Å². The normalized spacial score (nSPS) is 14.8. The maximum atomic E-state index is 12.6. The number of amides is 1. The minimum atomic E-state index is -0.602. The van der Waals surface area contributed by atoms with Gasteiger partial charge in [0.2, 0.25) is 0 Å². The van der Waals surface area contributed by atoms with Crippen molar-refractivity contribution in [1.29, 1.82) is 0 Å². The minimum Gasteiger partial charge on any atom is -0.505 e. The maximum Gasteiger partial charge on any atom is 0.265 e. The second-order valence-electron chi connectivity index (χ2n) is 7.79. The van der Waals surface area contributed by atoms with Crippen molar-refractivity contribution >= 4 is 16.9 Å². The lowest BCUT2D eigenvalue weighted by Gasteiger charge is -2.21. The predicted molar refractivity (Wildman–Crippen MR) is 112 cm³/mol. The Morgan fingerprint density at radius 1 is 1.14 bits per heavy atom. The fourth-order valence-electron chi connectivity index (χ4n) is 4.06. The topological polar surface area (TPSA) is 95.1 Å². The molecule has 6 heteroatoms. The Morgan fingerprint density at radius 2 is 1.90 bits per heavy atom. The van der Waals surface area contributed by atoms with Gasteiger partial charge in [-0.25, -0.2) is 0 Å². The molecule has 0 aliphatic heterocycles. The number of aromatic amines is 1. The summed E-state index contributed by atoms with van der Waals surface area (Å²) in [5.41, 5.74) is 1.81. The molecule has 0 unspecified atom stereocenters. The zero-order valence-electron chi connectivity index (χ0n) is 16.3. The number of benzene rings is 1. The molecule has 0 bridgehead atoms. The Labute approximate surface area is 169 Å². The van der Waals surface area contributed by atoms with Crippen LogP contribution in [0.15, 0.2) is 47.4 Å². The predicted octanol–water partition coefficient (Wildman–Crippen LogP) is 3.53. The van der Waals surface area contributed by atoms with Crippen molar-refractivity contribution in [2.75, 3.05) is 6.54 Å². The van der Waals surface area contributed by atoms with Gasteiger partial charge in [0, 0.05) is 12.7 Å². The molecule has 6 nitrogen and oxygen atoms in total. The highest BCUT2D eigenvalue weighted by Gasteiger charge is 2.21. The number of carbonyl (C=O) groups is 1. The molecule has 29 heavy (non-hydrogen) atoms. The van der Waals surface area contributed by atoms with Crippen LogP contribution in [0.25, 0.3) is 11.0 Å². The summed E-state index contributed by atoms with van der Waals surface area (Å²) in [5, 5.41) is 13.4. The number of aromatic nitrogens is 2. The summed E-state index contributed by atoms with van der Waals surface area (Å²) < 4.78 is 0. The van der Waals surface area contributed by atoms with E-state index in [4.69, 9.17) is 0 Å². The summed E-state index contributed by atoms with van der Waals surface area (Å²) in [6.45, 7) is 0.527. The first-order valence-electron chi connectivity index (χ1n) is 10.2. The molecule has 1 saturated carbocycles. The lowest BCUT2D eigenvalue weighted by Crippen LogP contribution is -2.34. The standard InChI is InChI=1S/C23H25N3O3/c27-21-19(22(28)25-13-16-9-5-2-6-10-16)23(29)26-18-12-17(14-24-20(18)21)11-15-7-3-1-4-8-15/h1,3-4,7-8,12,14,16H,2,5-6,9-11,13H2,(H,25,28)(H2,26,27,29). The highest BCUT2D eigenvalue weighted by Crippen LogP contribution is 2.25. The molecule has 3 aromatic rings. The quantitative estimate of drug-likeness (QED) is 0.620. The molecule has 2 aromatic heterocycles. The molecular formula is C23H25N3O3. The molecule has 0 spiro atoms.